The van der Waals surface area contributed by atoms with Gasteiger partial charge in [-0.15, -0.1) is 0 Å². The average molecular weight is 213 g/mol. The van der Waals surface area contributed by atoms with Crippen molar-refractivity contribution in [3.05, 3.63) is 41.9 Å². The highest BCUT2D eigenvalue weighted by atomic mass is 14.9. The van der Waals surface area contributed by atoms with Gasteiger partial charge in [-0.1, -0.05) is 19.9 Å². The number of hydrogen-bond donors (Lipinski definition) is 0. The van der Waals surface area contributed by atoms with Crippen LogP contribution in [0.4, 0.5) is 0 Å². The molecular weight excluding hydrogens is 198 g/mol. The Hall–Kier alpha value is -1.77. The largest absolute Gasteiger partial charge is 0.253 e. The van der Waals surface area contributed by atoms with Gasteiger partial charge in [0.1, 0.15) is 5.69 Å². The van der Waals surface area contributed by atoms with Crippen LogP contribution in [0.15, 0.2) is 30.7 Å². The van der Waals surface area contributed by atoms with Gasteiger partial charge in [0, 0.05) is 18.6 Å². The summed E-state index contributed by atoms with van der Waals surface area (Å²) in [6.45, 7) is 6.27. The molecule has 2 heterocycles. The highest BCUT2D eigenvalue weighted by Crippen LogP contribution is 2.16. The standard InChI is InChI=1S/C13H15N3/c1-9(2)11-4-5-12(14-8-11)13-15-6-10(3)7-16-13/h4-9H,1-3H3. The molecule has 3 heteroatoms. The number of aromatic nitrogens is 3. The summed E-state index contributed by atoms with van der Waals surface area (Å²) in [4.78, 5) is 12.9. The molecule has 2 aromatic rings. The number of hydrogen-bond acceptors (Lipinski definition) is 3. The van der Waals surface area contributed by atoms with E-state index in [0.717, 1.165) is 11.3 Å². The molecule has 0 bridgehead atoms. The molecule has 0 N–H and O–H groups in total. The van der Waals surface area contributed by atoms with Crippen molar-refractivity contribution in [1.82, 2.24) is 15.0 Å². The number of rotatable bonds is 2. The van der Waals surface area contributed by atoms with Crippen LogP contribution in [0.5, 0.6) is 0 Å². The quantitative estimate of drug-likeness (QED) is 0.769. The van der Waals surface area contributed by atoms with Crippen LogP contribution >= 0.6 is 0 Å². The monoisotopic (exact) mass is 213 g/mol. The van der Waals surface area contributed by atoms with Gasteiger partial charge < -0.3 is 0 Å². The lowest BCUT2D eigenvalue weighted by atomic mass is 10.1. The molecule has 0 aliphatic rings. The van der Waals surface area contributed by atoms with Gasteiger partial charge in [-0.2, -0.15) is 0 Å². The van der Waals surface area contributed by atoms with Gasteiger partial charge in [-0.05, 0) is 30.0 Å². The Morgan fingerprint density at radius 3 is 2.12 bits per heavy atom. The smallest absolute Gasteiger partial charge is 0.178 e. The summed E-state index contributed by atoms with van der Waals surface area (Å²) in [5.41, 5.74) is 3.11. The van der Waals surface area contributed by atoms with Crippen LogP contribution in [0.1, 0.15) is 30.9 Å². The molecule has 16 heavy (non-hydrogen) atoms. The lowest BCUT2D eigenvalue weighted by Crippen LogP contribution is -1.94. The van der Waals surface area contributed by atoms with E-state index in [1.54, 1.807) is 12.4 Å². The van der Waals surface area contributed by atoms with Gasteiger partial charge in [0.25, 0.3) is 0 Å². The molecule has 0 aliphatic carbocycles. The maximum Gasteiger partial charge on any atom is 0.178 e. The van der Waals surface area contributed by atoms with Gasteiger partial charge in [0.15, 0.2) is 5.82 Å². The fourth-order valence-electron chi connectivity index (χ4n) is 1.40. The first-order chi connectivity index (χ1) is 7.66. The number of pyridine rings is 1. The third-order valence-corrected chi connectivity index (χ3v) is 2.46. The molecule has 2 rings (SSSR count). The highest BCUT2D eigenvalue weighted by Gasteiger charge is 2.03. The van der Waals surface area contributed by atoms with E-state index >= 15 is 0 Å². The minimum absolute atomic E-state index is 0.500. The topological polar surface area (TPSA) is 38.7 Å². The Balaban J connectivity index is 2.31. The van der Waals surface area contributed by atoms with Crippen molar-refractivity contribution in [2.45, 2.75) is 26.7 Å². The molecule has 2 aromatic heterocycles. The van der Waals surface area contributed by atoms with Gasteiger partial charge >= 0.3 is 0 Å². The van der Waals surface area contributed by atoms with E-state index in [2.05, 4.69) is 34.9 Å². The van der Waals surface area contributed by atoms with Crippen LogP contribution in [-0.2, 0) is 0 Å². The predicted octanol–water partition coefficient (Wildman–Crippen LogP) is 2.97. The summed E-state index contributed by atoms with van der Waals surface area (Å²) < 4.78 is 0. The van der Waals surface area contributed by atoms with E-state index in [1.807, 2.05) is 19.2 Å². The van der Waals surface area contributed by atoms with Crippen molar-refractivity contribution in [2.24, 2.45) is 0 Å². The zero-order valence-electron chi connectivity index (χ0n) is 9.81. The molecule has 0 unspecified atom stereocenters. The van der Waals surface area contributed by atoms with E-state index < -0.39 is 0 Å². The number of aryl methyl sites for hydroxylation is 1. The average Bonchev–Trinajstić information content (AvgIpc) is 2.30. The second-order valence-electron chi connectivity index (χ2n) is 4.22. The van der Waals surface area contributed by atoms with Crippen molar-refractivity contribution >= 4 is 0 Å². The molecule has 3 nitrogen and oxygen atoms in total. The lowest BCUT2D eigenvalue weighted by molar-refractivity contribution is 0.858. The second-order valence-corrected chi connectivity index (χ2v) is 4.22. The predicted molar refractivity (Wildman–Crippen MR) is 64.1 cm³/mol. The summed E-state index contributed by atoms with van der Waals surface area (Å²) in [6, 6.07) is 4.05. The lowest BCUT2D eigenvalue weighted by Gasteiger charge is -2.05. The Morgan fingerprint density at radius 1 is 0.938 bits per heavy atom. The maximum atomic E-state index is 4.37. The third kappa shape index (κ3) is 2.24. The van der Waals surface area contributed by atoms with Crippen molar-refractivity contribution in [2.75, 3.05) is 0 Å². The van der Waals surface area contributed by atoms with Crippen molar-refractivity contribution in [3.8, 4) is 11.5 Å². The summed E-state index contributed by atoms with van der Waals surface area (Å²) in [6.07, 6.45) is 5.50. The van der Waals surface area contributed by atoms with Crippen LogP contribution in [0.2, 0.25) is 0 Å². The first-order valence-corrected chi connectivity index (χ1v) is 5.42. The van der Waals surface area contributed by atoms with E-state index in [-0.39, 0.29) is 0 Å². The minimum atomic E-state index is 0.500. The Bertz CT molecular complexity index is 458. The van der Waals surface area contributed by atoms with E-state index in [4.69, 9.17) is 0 Å². The Morgan fingerprint density at radius 2 is 1.62 bits per heavy atom. The fraction of sp³-hybridized carbons (Fsp3) is 0.308. The van der Waals surface area contributed by atoms with Crippen molar-refractivity contribution in [3.63, 3.8) is 0 Å². The van der Waals surface area contributed by atoms with Gasteiger partial charge in [-0.3, -0.25) is 4.98 Å². The minimum Gasteiger partial charge on any atom is -0.253 e. The molecule has 0 amide bonds. The van der Waals surface area contributed by atoms with Crippen molar-refractivity contribution in [1.29, 1.82) is 0 Å². The van der Waals surface area contributed by atoms with E-state index in [1.165, 1.54) is 5.56 Å². The molecule has 82 valence electrons. The Labute approximate surface area is 95.6 Å². The van der Waals surface area contributed by atoms with Crippen LogP contribution in [0, 0.1) is 6.92 Å². The van der Waals surface area contributed by atoms with Gasteiger partial charge in [0.05, 0.1) is 0 Å². The van der Waals surface area contributed by atoms with Gasteiger partial charge in [0.2, 0.25) is 0 Å². The third-order valence-electron chi connectivity index (χ3n) is 2.46. The van der Waals surface area contributed by atoms with E-state index in [9.17, 15) is 0 Å². The second kappa shape index (κ2) is 4.39. The van der Waals surface area contributed by atoms with Gasteiger partial charge in [-0.25, -0.2) is 9.97 Å². The zero-order valence-corrected chi connectivity index (χ0v) is 9.81. The molecule has 0 spiro atoms. The number of nitrogens with zero attached hydrogens (tertiary/aromatic N) is 3. The molecule has 0 saturated carbocycles. The summed E-state index contributed by atoms with van der Waals surface area (Å²) >= 11 is 0. The first kappa shape index (κ1) is 10.7. The maximum absolute atomic E-state index is 4.37. The highest BCUT2D eigenvalue weighted by molar-refractivity contribution is 5.48. The van der Waals surface area contributed by atoms with E-state index in [0.29, 0.717) is 11.7 Å². The summed E-state index contributed by atoms with van der Waals surface area (Å²) in [7, 11) is 0. The van der Waals surface area contributed by atoms with Crippen LogP contribution < -0.4 is 0 Å². The van der Waals surface area contributed by atoms with Crippen LogP contribution in [0.3, 0.4) is 0 Å². The van der Waals surface area contributed by atoms with Crippen molar-refractivity contribution < 1.29 is 0 Å². The zero-order chi connectivity index (χ0) is 11.5. The molecule has 0 saturated heterocycles. The normalized spacial score (nSPS) is 10.8. The Kier molecular flexibility index (Phi) is 2.95. The molecule has 0 aliphatic heterocycles. The summed E-state index contributed by atoms with van der Waals surface area (Å²) in [5.74, 6) is 1.18. The summed E-state index contributed by atoms with van der Waals surface area (Å²) in [5, 5.41) is 0. The molecule has 0 fully saturated rings. The SMILES string of the molecule is Cc1cnc(-c2ccc(C(C)C)cn2)nc1. The van der Waals surface area contributed by atoms with Crippen LogP contribution in [-0.4, -0.2) is 15.0 Å². The van der Waals surface area contributed by atoms with Crippen LogP contribution in [0.25, 0.3) is 11.5 Å². The molecular formula is C13H15N3. The molecule has 0 aromatic carbocycles. The molecule has 0 atom stereocenters. The first-order valence-electron chi connectivity index (χ1n) is 5.42. The molecule has 0 radical (unpaired) electrons. The fourth-order valence-corrected chi connectivity index (χ4v) is 1.40.